The van der Waals surface area contributed by atoms with Crippen molar-refractivity contribution in [3.63, 3.8) is 0 Å². The Hall–Kier alpha value is -2.51. The fourth-order valence-corrected chi connectivity index (χ4v) is 5.93. The van der Waals surface area contributed by atoms with Crippen LogP contribution in [0.15, 0.2) is 41.4 Å². The minimum Gasteiger partial charge on any atom is -0.497 e. The van der Waals surface area contributed by atoms with Crippen LogP contribution in [0.4, 0.5) is 5.69 Å². The maximum atomic E-state index is 6.69. The third-order valence-corrected chi connectivity index (χ3v) is 7.69. The summed E-state index contributed by atoms with van der Waals surface area (Å²) in [5.74, 6) is 2.33. The number of fused-ring (bicyclic) bond motifs is 2. The highest BCUT2D eigenvalue weighted by Crippen LogP contribution is 2.50. The minimum atomic E-state index is 0.187. The highest BCUT2D eigenvalue weighted by molar-refractivity contribution is 7.99. The Morgan fingerprint density at radius 3 is 2.78 bits per heavy atom. The van der Waals surface area contributed by atoms with Crippen molar-refractivity contribution >= 4 is 29.1 Å². The van der Waals surface area contributed by atoms with Gasteiger partial charge < -0.3 is 19.1 Å². The minimum absolute atomic E-state index is 0.187. The average Bonchev–Trinajstić information content (AvgIpc) is 3.35. The highest BCUT2D eigenvalue weighted by atomic mass is 35.5. The molecule has 0 unspecified atom stereocenters. The van der Waals surface area contributed by atoms with Crippen LogP contribution in [0.2, 0.25) is 5.02 Å². The van der Waals surface area contributed by atoms with E-state index in [-0.39, 0.29) is 12.0 Å². The van der Waals surface area contributed by atoms with E-state index in [9.17, 15) is 0 Å². The zero-order valence-corrected chi connectivity index (χ0v) is 20.0. The molecule has 0 bridgehead atoms. The van der Waals surface area contributed by atoms with Gasteiger partial charge in [0, 0.05) is 52.6 Å². The van der Waals surface area contributed by atoms with E-state index in [1.54, 1.807) is 7.11 Å². The molecule has 2 aromatic carbocycles. The van der Waals surface area contributed by atoms with Crippen molar-refractivity contribution in [3.05, 3.63) is 58.4 Å². The zero-order chi connectivity index (χ0) is 22.2. The van der Waals surface area contributed by atoms with Crippen LogP contribution in [0.3, 0.4) is 0 Å². The van der Waals surface area contributed by atoms with Gasteiger partial charge in [0.1, 0.15) is 5.75 Å². The van der Waals surface area contributed by atoms with Crippen LogP contribution in [0.25, 0.3) is 0 Å². The molecule has 1 atom stereocenters. The zero-order valence-electron chi connectivity index (χ0n) is 18.4. The number of benzene rings is 2. The molecule has 0 spiro atoms. The summed E-state index contributed by atoms with van der Waals surface area (Å²) in [6.07, 6.45) is 3.10. The van der Waals surface area contributed by atoms with Gasteiger partial charge in [-0.3, -0.25) is 4.68 Å². The second kappa shape index (κ2) is 8.79. The normalized spacial score (nSPS) is 17.2. The Balaban J connectivity index is 1.50. The summed E-state index contributed by atoms with van der Waals surface area (Å²) >= 11 is 8.51. The highest BCUT2D eigenvalue weighted by Gasteiger charge is 2.28. The van der Waals surface area contributed by atoms with E-state index in [1.807, 2.05) is 34.6 Å². The quantitative estimate of drug-likeness (QED) is 0.465. The Bertz CT molecular complexity index is 1150. The molecule has 1 aromatic heterocycles. The fraction of sp³-hybridized carbons (Fsp3) is 0.375. The number of hydrogen-bond donors (Lipinski definition) is 0. The van der Waals surface area contributed by atoms with Crippen molar-refractivity contribution in [2.75, 3.05) is 25.3 Å². The van der Waals surface area contributed by atoms with Gasteiger partial charge >= 0.3 is 0 Å². The summed E-state index contributed by atoms with van der Waals surface area (Å²) in [6.45, 7) is 7.02. The SMILES string of the molecule is CCn1cc(CN2CC[C@@H](c3cc4c(cc3Cl)OCO4)Sc3cc(OC)ccc32)c(C)n1. The number of halogens is 1. The van der Waals surface area contributed by atoms with Crippen molar-refractivity contribution in [2.45, 2.75) is 43.5 Å². The first-order valence-electron chi connectivity index (χ1n) is 10.8. The first-order valence-corrected chi connectivity index (χ1v) is 12.0. The lowest BCUT2D eigenvalue weighted by Crippen LogP contribution is -2.24. The lowest BCUT2D eigenvalue weighted by atomic mass is 10.1. The van der Waals surface area contributed by atoms with Gasteiger partial charge in [0.05, 0.1) is 18.5 Å². The standard InChI is InChI=1S/C24H26ClN3O3S/c1-4-28-13-16(15(2)26-28)12-27-8-7-23(32-24-9-17(29-3)5-6-20(24)27)18-10-21-22(11-19(18)25)31-14-30-21/h5-6,9-11,13,23H,4,7-8,12,14H2,1-3H3/t23-/m0/s1. The number of ether oxygens (including phenoxy) is 3. The second-order valence-corrected chi connectivity index (χ2v) is 9.62. The number of rotatable bonds is 5. The van der Waals surface area contributed by atoms with Crippen molar-refractivity contribution in [1.82, 2.24) is 9.78 Å². The molecule has 6 nitrogen and oxygen atoms in total. The van der Waals surface area contributed by atoms with Crippen LogP contribution in [-0.4, -0.2) is 30.2 Å². The average molecular weight is 472 g/mol. The second-order valence-electron chi connectivity index (χ2n) is 7.97. The number of hydrogen-bond acceptors (Lipinski definition) is 6. The number of methoxy groups -OCH3 is 1. The van der Waals surface area contributed by atoms with Gasteiger partial charge in [-0.15, -0.1) is 11.8 Å². The maximum Gasteiger partial charge on any atom is 0.231 e. The van der Waals surface area contributed by atoms with Gasteiger partial charge in [0.25, 0.3) is 0 Å². The van der Waals surface area contributed by atoms with Crippen LogP contribution < -0.4 is 19.1 Å². The first-order chi connectivity index (χ1) is 15.6. The Kier molecular flexibility index (Phi) is 5.86. The van der Waals surface area contributed by atoms with Crippen LogP contribution >= 0.6 is 23.4 Å². The van der Waals surface area contributed by atoms with E-state index in [2.05, 4.69) is 42.2 Å². The number of anilines is 1. The van der Waals surface area contributed by atoms with Crippen molar-refractivity contribution in [2.24, 2.45) is 0 Å². The third-order valence-electron chi connectivity index (χ3n) is 6.01. The van der Waals surface area contributed by atoms with Crippen molar-refractivity contribution < 1.29 is 14.2 Å². The van der Waals surface area contributed by atoms with E-state index in [0.29, 0.717) is 10.8 Å². The number of aryl methyl sites for hydroxylation is 2. The third kappa shape index (κ3) is 3.99. The summed E-state index contributed by atoms with van der Waals surface area (Å²) in [5.41, 5.74) is 4.61. The van der Waals surface area contributed by atoms with Crippen LogP contribution in [0.1, 0.15) is 35.4 Å². The van der Waals surface area contributed by atoms with Gasteiger partial charge in [-0.2, -0.15) is 5.10 Å². The molecule has 0 aliphatic carbocycles. The molecular weight excluding hydrogens is 446 g/mol. The van der Waals surface area contributed by atoms with Crippen molar-refractivity contribution in [1.29, 1.82) is 0 Å². The Morgan fingerprint density at radius 1 is 1.22 bits per heavy atom. The monoisotopic (exact) mass is 471 g/mol. The van der Waals surface area contributed by atoms with E-state index in [0.717, 1.165) is 48.8 Å². The number of thioether (sulfide) groups is 1. The molecular formula is C24H26ClN3O3S. The Morgan fingerprint density at radius 2 is 2.03 bits per heavy atom. The first kappa shape index (κ1) is 21.3. The smallest absolute Gasteiger partial charge is 0.231 e. The Labute approximate surface area is 197 Å². The molecule has 2 aliphatic heterocycles. The molecule has 3 heterocycles. The number of aromatic nitrogens is 2. The molecule has 0 amide bonds. The molecule has 0 N–H and O–H groups in total. The topological polar surface area (TPSA) is 48.8 Å². The summed E-state index contributed by atoms with van der Waals surface area (Å²) in [4.78, 5) is 3.62. The van der Waals surface area contributed by atoms with Gasteiger partial charge in [0.15, 0.2) is 11.5 Å². The van der Waals surface area contributed by atoms with Gasteiger partial charge in [0.2, 0.25) is 6.79 Å². The predicted octanol–water partition coefficient (Wildman–Crippen LogP) is 5.85. The van der Waals surface area contributed by atoms with E-state index in [1.165, 1.54) is 16.1 Å². The predicted molar refractivity (Wildman–Crippen MR) is 127 cm³/mol. The molecule has 2 aliphatic rings. The fourth-order valence-electron chi connectivity index (χ4n) is 4.23. The maximum absolute atomic E-state index is 6.69. The van der Waals surface area contributed by atoms with Crippen LogP contribution in [-0.2, 0) is 13.1 Å². The number of nitrogens with zero attached hydrogens (tertiary/aromatic N) is 3. The van der Waals surface area contributed by atoms with Crippen LogP contribution in [0.5, 0.6) is 17.2 Å². The lowest BCUT2D eigenvalue weighted by Gasteiger charge is -2.24. The largest absolute Gasteiger partial charge is 0.497 e. The molecule has 168 valence electrons. The lowest BCUT2D eigenvalue weighted by molar-refractivity contribution is 0.174. The summed E-state index contributed by atoms with van der Waals surface area (Å²) < 4.78 is 18.6. The summed E-state index contributed by atoms with van der Waals surface area (Å²) in [7, 11) is 1.70. The molecule has 5 rings (SSSR count). The molecule has 8 heteroatoms. The van der Waals surface area contributed by atoms with E-state index in [4.69, 9.17) is 25.8 Å². The van der Waals surface area contributed by atoms with Gasteiger partial charge in [-0.05, 0) is 50.1 Å². The van der Waals surface area contributed by atoms with E-state index < -0.39 is 0 Å². The summed E-state index contributed by atoms with van der Waals surface area (Å²) in [6, 6.07) is 10.2. The molecule has 0 fully saturated rings. The van der Waals surface area contributed by atoms with Crippen LogP contribution in [0, 0.1) is 6.92 Å². The van der Waals surface area contributed by atoms with Crippen molar-refractivity contribution in [3.8, 4) is 17.2 Å². The summed E-state index contributed by atoms with van der Waals surface area (Å²) in [5, 5.41) is 5.53. The van der Waals surface area contributed by atoms with Gasteiger partial charge in [-0.25, -0.2) is 0 Å². The molecule has 0 saturated carbocycles. The molecule has 0 radical (unpaired) electrons. The van der Waals surface area contributed by atoms with E-state index >= 15 is 0 Å². The van der Waals surface area contributed by atoms with Gasteiger partial charge in [-0.1, -0.05) is 11.6 Å². The molecule has 32 heavy (non-hydrogen) atoms. The molecule has 0 saturated heterocycles. The molecule has 3 aromatic rings.